The number of anilines is 2. The van der Waals surface area contributed by atoms with E-state index >= 15 is 0 Å². The smallest absolute Gasteiger partial charge is 0.107 e. The topological polar surface area (TPSA) is 28.2 Å². The lowest BCUT2D eigenvalue weighted by Crippen LogP contribution is -2.46. The summed E-state index contributed by atoms with van der Waals surface area (Å²) in [6.07, 6.45) is -2.09. The summed E-state index contributed by atoms with van der Waals surface area (Å²) in [6, 6.07) is 22.0. The van der Waals surface area contributed by atoms with Gasteiger partial charge in [0.15, 0.2) is 0 Å². The van der Waals surface area contributed by atoms with Gasteiger partial charge in [-0.3, -0.25) is 9.34 Å². The van der Waals surface area contributed by atoms with Crippen molar-refractivity contribution in [2.45, 2.75) is 0 Å². The maximum Gasteiger partial charge on any atom is 0.107 e. The summed E-state index contributed by atoms with van der Waals surface area (Å²) in [6.45, 7) is 6.54. The van der Waals surface area contributed by atoms with Gasteiger partial charge in [-0.25, -0.2) is 0 Å². The van der Waals surface area contributed by atoms with E-state index in [0.717, 1.165) is 58.3 Å². The number of halogens is 2. The molecule has 2 heterocycles. The Morgan fingerprint density at radius 1 is 0.800 bits per heavy atom. The monoisotopic (exact) mass is 655 g/mol. The largest absolute Gasteiger partial charge is 0.379 e. The summed E-state index contributed by atoms with van der Waals surface area (Å²) in [5.74, 6) is 0. The minimum atomic E-state index is -2.09. The van der Waals surface area contributed by atoms with Gasteiger partial charge in [-0.05, 0) is 66.7 Å². The number of rotatable bonds is 6. The van der Waals surface area contributed by atoms with Crippen LogP contribution >= 0.6 is 42.6 Å². The molecule has 2 aliphatic heterocycles. The molecule has 0 unspecified atom stereocenters. The molecule has 0 amide bonds. The van der Waals surface area contributed by atoms with Crippen LogP contribution < -0.4 is 15.5 Å². The van der Waals surface area contributed by atoms with Gasteiger partial charge in [-0.1, -0.05) is 42.1 Å². The van der Waals surface area contributed by atoms with Crippen molar-refractivity contribution in [3.05, 3.63) is 60.7 Å². The first kappa shape index (κ1) is 26.2. The fourth-order valence-electron chi connectivity index (χ4n) is 4.87. The highest BCUT2D eigenvalue weighted by Gasteiger charge is 2.36. The standard InChI is InChI=1S/C25H29Br2N3O2P2S/c1-28(24-10-11-25(33(26)27)23-5-3-2-4-22(23)24)20-6-8-21(9-7-20)34(35,29-12-16-31-17-13-29)30-14-18-32-19-15-30/h2-11H,12-19H2,1H3. The van der Waals surface area contributed by atoms with Crippen molar-refractivity contribution in [2.75, 3.05) is 64.6 Å². The highest BCUT2D eigenvalue weighted by molar-refractivity contribution is 9.70. The van der Waals surface area contributed by atoms with Crippen LogP contribution in [0.5, 0.6) is 0 Å². The molecule has 0 N–H and O–H groups in total. The number of benzene rings is 3. The highest BCUT2D eigenvalue weighted by Crippen LogP contribution is 2.54. The zero-order valence-electron chi connectivity index (χ0n) is 19.6. The third-order valence-corrected chi connectivity index (χ3v) is 15.1. The van der Waals surface area contributed by atoms with Gasteiger partial charge in [0.05, 0.1) is 31.8 Å². The van der Waals surface area contributed by atoms with Crippen LogP contribution in [0.3, 0.4) is 0 Å². The van der Waals surface area contributed by atoms with Crippen molar-refractivity contribution in [1.29, 1.82) is 0 Å². The SMILES string of the molecule is CN(c1ccc(P(=S)(N2CCOCC2)N2CCOCC2)cc1)c1ccc(P(Br)Br)c2ccccc12. The van der Waals surface area contributed by atoms with Crippen LogP contribution in [0.2, 0.25) is 0 Å². The third kappa shape index (κ3) is 5.30. The molecular weight excluding hydrogens is 628 g/mol. The Kier molecular flexibility index (Phi) is 8.65. The zero-order chi connectivity index (χ0) is 24.4. The van der Waals surface area contributed by atoms with Gasteiger partial charge in [-0.2, -0.15) is 0 Å². The van der Waals surface area contributed by atoms with Gasteiger partial charge in [0.25, 0.3) is 0 Å². The van der Waals surface area contributed by atoms with Crippen molar-refractivity contribution < 1.29 is 9.47 Å². The van der Waals surface area contributed by atoms with Gasteiger partial charge < -0.3 is 14.4 Å². The second kappa shape index (κ2) is 11.6. The number of hydrogen-bond donors (Lipinski definition) is 0. The average Bonchev–Trinajstić information content (AvgIpc) is 2.92. The lowest BCUT2D eigenvalue weighted by molar-refractivity contribution is 0.0589. The molecule has 2 saturated heterocycles. The van der Waals surface area contributed by atoms with Gasteiger partial charge in [0.1, 0.15) is 6.34 Å². The van der Waals surface area contributed by atoms with E-state index in [0.29, 0.717) is 0 Å². The van der Waals surface area contributed by atoms with E-state index in [1.165, 1.54) is 27.1 Å². The maximum absolute atomic E-state index is 6.54. The molecule has 5 rings (SSSR count). The summed E-state index contributed by atoms with van der Waals surface area (Å²) < 4.78 is 16.3. The summed E-state index contributed by atoms with van der Waals surface area (Å²) in [5, 5.41) is 4.51. The van der Waals surface area contributed by atoms with Gasteiger partial charge >= 0.3 is 0 Å². The van der Waals surface area contributed by atoms with Crippen molar-refractivity contribution in [1.82, 2.24) is 9.34 Å². The number of fused-ring (bicyclic) bond motifs is 1. The van der Waals surface area contributed by atoms with E-state index in [4.69, 9.17) is 21.3 Å². The van der Waals surface area contributed by atoms with Crippen LogP contribution in [0.1, 0.15) is 0 Å². The highest BCUT2D eigenvalue weighted by atomic mass is 79.9. The fourth-order valence-corrected chi connectivity index (χ4v) is 11.6. The molecule has 0 atom stereocenters. The third-order valence-electron chi connectivity index (χ3n) is 6.74. The zero-order valence-corrected chi connectivity index (χ0v) is 25.4. The molecule has 5 nitrogen and oxygen atoms in total. The molecule has 0 radical (unpaired) electrons. The van der Waals surface area contributed by atoms with Gasteiger partial charge in [0.2, 0.25) is 0 Å². The van der Waals surface area contributed by atoms with Crippen LogP contribution in [0, 0.1) is 0 Å². The van der Waals surface area contributed by atoms with E-state index in [-0.39, 0.29) is 0 Å². The summed E-state index contributed by atoms with van der Waals surface area (Å²) >= 11 is 14.0. The number of hydrogen-bond acceptors (Lipinski definition) is 4. The van der Waals surface area contributed by atoms with Crippen molar-refractivity contribution >= 4 is 87.2 Å². The number of nitrogens with zero attached hydrogens (tertiary/aromatic N) is 3. The molecule has 2 fully saturated rings. The summed E-state index contributed by atoms with van der Waals surface area (Å²) in [5.41, 5.74) is 2.34. The lowest BCUT2D eigenvalue weighted by atomic mass is 10.1. The molecule has 3 aromatic rings. The summed E-state index contributed by atoms with van der Waals surface area (Å²) in [7, 11) is 2.14. The second-order valence-corrected chi connectivity index (χ2v) is 21.0. The van der Waals surface area contributed by atoms with E-state index < -0.39 is 11.7 Å². The first-order chi connectivity index (χ1) is 17.0. The molecule has 0 aromatic heterocycles. The van der Waals surface area contributed by atoms with Crippen molar-refractivity contribution in [3.8, 4) is 0 Å². The van der Waals surface area contributed by atoms with Crippen LogP contribution in [0.15, 0.2) is 60.7 Å². The summed E-state index contributed by atoms with van der Waals surface area (Å²) in [4.78, 5) is 2.27. The fraction of sp³-hybridized carbons (Fsp3) is 0.360. The second-order valence-electron chi connectivity index (χ2n) is 8.63. The lowest BCUT2D eigenvalue weighted by Gasteiger charge is -2.45. The molecule has 0 aliphatic carbocycles. The Balaban J connectivity index is 1.49. The van der Waals surface area contributed by atoms with Crippen molar-refractivity contribution in [2.24, 2.45) is 0 Å². The quantitative estimate of drug-likeness (QED) is 0.306. The normalized spacial score (nSPS) is 18.3. The van der Waals surface area contributed by atoms with E-state index in [1.54, 1.807) is 0 Å². The minimum Gasteiger partial charge on any atom is -0.379 e. The first-order valence-electron chi connectivity index (χ1n) is 11.7. The minimum absolute atomic E-state index is 0.540. The molecule has 0 saturated carbocycles. The molecule has 186 valence electrons. The molecule has 10 heteroatoms. The van der Waals surface area contributed by atoms with Gasteiger partial charge in [-0.15, -0.1) is 0 Å². The Morgan fingerprint density at radius 2 is 1.34 bits per heavy atom. The Morgan fingerprint density at radius 3 is 1.89 bits per heavy atom. The van der Waals surface area contributed by atoms with E-state index in [9.17, 15) is 0 Å². The molecule has 0 spiro atoms. The Hall–Kier alpha value is -0.400. The molecule has 2 aliphatic rings. The molecular formula is C25H29Br2N3O2P2S. The average molecular weight is 657 g/mol. The Bertz CT molecular complexity index is 1200. The predicted molar refractivity (Wildman–Crippen MR) is 162 cm³/mol. The van der Waals surface area contributed by atoms with Crippen LogP contribution in [0.4, 0.5) is 11.4 Å². The van der Waals surface area contributed by atoms with Crippen LogP contribution in [-0.2, 0) is 21.3 Å². The predicted octanol–water partition coefficient (Wildman–Crippen LogP) is 5.93. The molecule has 0 bridgehead atoms. The van der Waals surface area contributed by atoms with E-state index in [2.05, 4.69) is 113 Å². The van der Waals surface area contributed by atoms with Crippen LogP contribution in [0.25, 0.3) is 10.8 Å². The number of morpholine rings is 2. The van der Waals surface area contributed by atoms with Crippen molar-refractivity contribution in [3.63, 3.8) is 0 Å². The molecule has 3 aromatic carbocycles. The first-order valence-corrected chi connectivity index (χ1v) is 19.8. The maximum atomic E-state index is 6.54. The van der Waals surface area contributed by atoms with E-state index in [1.807, 2.05) is 0 Å². The Labute approximate surface area is 230 Å². The van der Waals surface area contributed by atoms with Crippen LogP contribution in [-0.4, -0.2) is 69.0 Å². The van der Waals surface area contributed by atoms with Gasteiger partial charge in [0, 0.05) is 60.6 Å². The molecule has 35 heavy (non-hydrogen) atoms. The number of ether oxygens (including phenoxy) is 2.